The van der Waals surface area contributed by atoms with Gasteiger partial charge in [0.1, 0.15) is 17.2 Å². The quantitative estimate of drug-likeness (QED) is 0.385. The highest BCUT2D eigenvalue weighted by atomic mass is 19.1. The number of anilines is 1. The SMILES string of the molecule is COc1ccccc1-c1c[nH]c2ncc(-c3cc(F)c(NC(=O)N4CCCC4)c(C(=O)N(C)C)c3)cc12. The third-order valence-corrected chi connectivity index (χ3v) is 6.61. The number of hydrogen-bond donors (Lipinski definition) is 2. The van der Waals surface area contributed by atoms with Crippen LogP contribution in [-0.4, -0.2) is 66.0 Å². The maximum absolute atomic E-state index is 15.5. The van der Waals surface area contributed by atoms with E-state index in [1.165, 1.54) is 11.0 Å². The van der Waals surface area contributed by atoms with E-state index in [0.717, 1.165) is 35.1 Å². The molecule has 1 aliphatic heterocycles. The van der Waals surface area contributed by atoms with Crippen molar-refractivity contribution < 1.29 is 18.7 Å². The number of nitrogens with one attached hydrogen (secondary N) is 2. The first-order chi connectivity index (χ1) is 17.9. The molecule has 1 aliphatic rings. The Morgan fingerprint density at radius 1 is 1.08 bits per heavy atom. The number of aromatic nitrogens is 2. The van der Waals surface area contributed by atoms with Gasteiger partial charge in [-0.15, -0.1) is 0 Å². The second-order valence-electron chi connectivity index (χ2n) is 9.23. The zero-order valence-electron chi connectivity index (χ0n) is 21.0. The lowest BCUT2D eigenvalue weighted by Gasteiger charge is -2.20. The zero-order chi connectivity index (χ0) is 26.1. The number of methoxy groups -OCH3 is 1. The molecule has 190 valence electrons. The zero-order valence-corrected chi connectivity index (χ0v) is 21.0. The number of aromatic amines is 1. The van der Waals surface area contributed by atoms with E-state index in [2.05, 4.69) is 15.3 Å². The van der Waals surface area contributed by atoms with E-state index in [9.17, 15) is 9.59 Å². The monoisotopic (exact) mass is 501 g/mol. The predicted octanol–water partition coefficient (Wildman–Crippen LogP) is 5.37. The molecule has 0 spiro atoms. The lowest BCUT2D eigenvalue weighted by Crippen LogP contribution is -2.33. The molecule has 1 saturated heterocycles. The molecule has 0 bridgehead atoms. The number of para-hydroxylation sites is 1. The van der Waals surface area contributed by atoms with Crippen LogP contribution in [-0.2, 0) is 0 Å². The second kappa shape index (κ2) is 9.93. The Hall–Kier alpha value is -4.40. The fourth-order valence-corrected chi connectivity index (χ4v) is 4.67. The molecule has 2 N–H and O–H groups in total. The van der Waals surface area contributed by atoms with Crippen LogP contribution in [0.2, 0.25) is 0 Å². The predicted molar refractivity (Wildman–Crippen MR) is 141 cm³/mol. The molecule has 0 radical (unpaired) electrons. The number of amides is 3. The van der Waals surface area contributed by atoms with E-state index in [1.54, 1.807) is 38.4 Å². The molecular weight excluding hydrogens is 473 g/mol. The van der Waals surface area contributed by atoms with Crippen LogP contribution in [0.3, 0.4) is 0 Å². The molecule has 9 heteroatoms. The molecule has 4 aromatic rings. The van der Waals surface area contributed by atoms with E-state index >= 15 is 4.39 Å². The second-order valence-corrected chi connectivity index (χ2v) is 9.23. The molecule has 0 aliphatic carbocycles. The summed E-state index contributed by atoms with van der Waals surface area (Å²) in [6, 6.07) is 12.1. The summed E-state index contributed by atoms with van der Waals surface area (Å²) in [5.74, 6) is -0.381. The summed E-state index contributed by atoms with van der Waals surface area (Å²) < 4.78 is 21.0. The van der Waals surface area contributed by atoms with E-state index in [-0.39, 0.29) is 11.3 Å². The van der Waals surface area contributed by atoms with E-state index < -0.39 is 17.8 Å². The average Bonchev–Trinajstić information content (AvgIpc) is 3.59. The van der Waals surface area contributed by atoms with Gasteiger partial charge in [-0.1, -0.05) is 18.2 Å². The van der Waals surface area contributed by atoms with Crippen molar-refractivity contribution in [3.05, 3.63) is 66.2 Å². The average molecular weight is 502 g/mol. The number of ether oxygens (including phenoxy) is 1. The Morgan fingerprint density at radius 2 is 1.84 bits per heavy atom. The minimum atomic E-state index is -0.686. The molecule has 0 saturated carbocycles. The summed E-state index contributed by atoms with van der Waals surface area (Å²) in [5, 5.41) is 3.46. The minimum Gasteiger partial charge on any atom is -0.496 e. The van der Waals surface area contributed by atoms with Gasteiger partial charge in [0.2, 0.25) is 0 Å². The van der Waals surface area contributed by atoms with E-state index in [1.807, 2.05) is 36.5 Å². The maximum atomic E-state index is 15.5. The van der Waals surface area contributed by atoms with Crippen molar-refractivity contribution in [2.45, 2.75) is 12.8 Å². The lowest BCUT2D eigenvalue weighted by atomic mass is 9.99. The molecule has 37 heavy (non-hydrogen) atoms. The molecule has 0 atom stereocenters. The van der Waals surface area contributed by atoms with Crippen molar-refractivity contribution in [3.8, 4) is 28.0 Å². The van der Waals surface area contributed by atoms with Crippen LogP contribution >= 0.6 is 0 Å². The Labute approximate surface area is 214 Å². The molecular formula is C28H28FN5O3. The number of H-pyrrole nitrogens is 1. The molecule has 2 aromatic heterocycles. The third kappa shape index (κ3) is 4.60. The standard InChI is InChI=1S/C28H28FN5O3/c1-33(2)27(35)21-12-17(14-23(29)25(21)32-28(36)34-10-6-7-11-34)18-13-20-22(16-31-26(20)30-15-18)19-8-4-5-9-24(19)37-3/h4-5,8-9,12-16H,6-7,10-11H2,1-3H3,(H,30,31)(H,32,36). The van der Waals surface area contributed by atoms with Gasteiger partial charge in [-0.25, -0.2) is 14.2 Å². The van der Waals surface area contributed by atoms with Gasteiger partial charge >= 0.3 is 6.03 Å². The van der Waals surface area contributed by atoms with Gasteiger partial charge in [-0.05, 0) is 42.7 Å². The Morgan fingerprint density at radius 3 is 2.57 bits per heavy atom. The molecule has 5 rings (SSSR count). The van der Waals surface area contributed by atoms with Crippen molar-refractivity contribution >= 4 is 28.7 Å². The molecule has 3 heterocycles. The first kappa shape index (κ1) is 24.3. The number of carbonyl (C=O) groups is 2. The highest BCUT2D eigenvalue weighted by Crippen LogP contribution is 2.37. The smallest absolute Gasteiger partial charge is 0.321 e. The highest BCUT2D eigenvalue weighted by Gasteiger charge is 2.25. The van der Waals surface area contributed by atoms with Gasteiger partial charge in [0.25, 0.3) is 5.91 Å². The van der Waals surface area contributed by atoms with Crippen LogP contribution in [0.4, 0.5) is 14.9 Å². The van der Waals surface area contributed by atoms with Crippen LogP contribution in [0.15, 0.2) is 54.9 Å². The Bertz CT molecular complexity index is 1490. The number of halogens is 1. The molecule has 1 fully saturated rings. The summed E-state index contributed by atoms with van der Waals surface area (Å²) in [5.41, 5.74) is 3.52. The third-order valence-electron chi connectivity index (χ3n) is 6.61. The molecule has 8 nitrogen and oxygen atoms in total. The number of urea groups is 1. The summed E-state index contributed by atoms with van der Waals surface area (Å²) in [4.78, 5) is 36.4. The number of nitrogens with zero attached hydrogens (tertiary/aromatic N) is 3. The normalized spacial score (nSPS) is 13.1. The van der Waals surface area contributed by atoms with Crippen molar-refractivity contribution in [1.82, 2.24) is 19.8 Å². The topological polar surface area (TPSA) is 90.6 Å². The van der Waals surface area contributed by atoms with Gasteiger partial charge in [0, 0.05) is 61.7 Å². The van der Waals surface area contributed by atoms with Gasteiger partial charge in [-0.2, -0.15) is 0 Å². The molecule has 3 amide bonds. The van der Waals surface area contributed by atoms with E-state index in [4.69, 9.17) is 4.74 Å². The number of benzene rings is 2. The summed E-state index contributed by atoms with van der Waals surface area (Å²) in [6.45, 7) is 1.22. The first-order valence-corrected chi connectivity index (χ1v) is 12.1. The lowest BCUT2D eigenvalue weighted by molar-refractivity contribution is 0.0828. The van der Waals surface area contributed by atoms with Gasteiger partial charge in [0.15, 0.2) is 0 Å². The van der Waals surface area contributed by atoms with Crippen LogP contribution in [0.25, 0.3) is 33.3 Å². The number of pyridine rings is 1. The first-order valence-electron chi connectivity index (χ1n) is 12.1. The summed E-state index contributed by atoms with van der Waals surface area (Å²) in [6.07, 6.45) is 5.30. The largest absolute Gasteiger partial charge is 0.496 e. The van der Waals surface area contributed by atoms with Crippen molar-refractivity contribution in [2.75, 3.05) is 39.6 Å². The van der Waals surface area contributed by atoms with Crippen molar-refractivity contribution in [1.29, 1.82) is 0 Å². The van der Waals surface area contributed by atoms with Crippen molar-refractivity contribution in [3.63, 3.8) is 0 Å². The summed E-state index contributed by atoms with van der Waals surface area (Å²) >= 11 is 0. The molecule has 0 unspecified atom stereocenters. The Balaban J connectivity index is 1.59. The minimum absolute atomic E-state index is 0.0756. The van der Waals surface area contributed by atoms with Gasteiger partial charge in [-0.3, -0.25) is 4.79 Å². The number of hydrogen-bond acceptors (Lipinski definition) is 4. The summed E-state index contributed by atoms with van der Waals surface area (Å²) in [7, 11) is 4.80. The van der Waals surface area contributed by atoms with Crippen LogP contribution in [0.5, 0.6) is 5.75 Å². The van der Waals surface area contributed by atoms with Crippen LogP contribution in [0, 0.1) is 5.82 Å². The number of carbonyl (C=O) groups excluding carboxylic acids is 2. The fourth-order valence-electron chi connectivity index (χ4n) is 4.67. The number of likely N-dealkylation sites (tertiary alicyclic amines) is 1. The van der Waals surface area contributed by atoms with Gasteiger partial charge < -0.3 is 24.8 Å². The van der Waals surface area contributed by atoms with Gasteiger partial charge in [0.05, 0.1) is 18.4 Å². The maximum Gasteiger partial charge on any atom is 0.321 e. The van der Waals surface area contributed by atoms with Crippen LogP contribution < -0.4 is 10.1 Å². The van der Waals surface area contributed by atoms with Crippen LogP contribution in [0.1, 0.15) is 23.2 Å². The van der Waals surface area contributed by atoms with E-state index in [0.29, 0.717) is 29.9 Å². The fraction of sp³-hybridized carbons (Fsp3) is 0.250. The van der Waals surface area contributed by atoms with Crippen molar-refractivity contribution in [2.24, 2.45) is 0 Å². The highest BCUT2D eigenvalue weighted by molar-refractivity contribution is 6.05. The number of fused-ring (bicyclic) bond motifs is 1. The number of rotatable bonds is 5. The molecule has 2 aromatic carbocycles. The Kier molecular flexibility index (Phi) is 6.52.